The van der Waals surface area contributed by atoms with Crippen LogP contribution >= 0.6 is 11.6 Å². The number of nitrogens with zero attached hydrogens (tertiary/aromatic N) is 1. The molecule has 0 saturated carbocycles. The van der Waals surface area contributed by atoms with Gasteiger partial charge in [0.15, 0.2) is 6.61 Å². The van der Waals surface area contributed by atoms with Gasteiger partial charge in [-0.05, 0) is 81.9 Å². The maximum Gasteiger partial charge on any atom is 0.261 e. The molecule has 1 heterocycles. The lowest BCUT2D eigenvalue weighted by molar-refractivity contribution is -0.124. The number of aryl methyl sites for hydroxylation is 1. The van der Waals surface area contributed by atoms with Gasteiger partial charge in [0.1, 0.15) is 5.75 Å². The molecule has 162 valence electrons. The molecule has 9 heteroatoms. The molecular formula is C21H26ClN3O4S. The molecule has 0 unspecified atom stereocenters. The van der Waals surface area contributed by atoms with Crippen LogP contribution in [0, 0.1) is 6.92 Å². The van der Waals surface area contributed by atoms with Gasteiger partial charge < -0.3 is 15.0 Å². The van der Waals surface area contributed by atoms with Gasteiger partial charge in [-0.2, -0.15) is 0 Å². The fourth-order valence-corrected chi connectivity index (χ4v) is 4.39. The van der Waals surface area contributed by atoms with Gasteiger partial charge in [0.05, 0.1) is 10.6 Å². The number of sulfonamides is 1. The van der Waals surface area contributed by atoms with E-state index in [0.29, 0.717) is 16.5 Å². The number of carbonyl (C=O) groups excluding carboxylic acids is 1. The van der Waals surface area contributed by atoms with Gasteiger partial charge in [0.25, 0.3) is 15.9 Å². The highest BCUT2D eigenvalue weighted by atomic mass is 35.5. The number of anilines is 1. The predicted octanol–water partition coefficient (Wildman–Crippen LogP) is 3.04. The van der Waals surface area contributed by atoms with Crippen LogP contribution in [0.4, 0.5) is 5.69 Å². The van der Waals surface area contributed by atoms with Crippen molar-refractivity contribution in [1.29, 1.82) is 0 Å². The number of halogens is 1. The molecule has 7 nitrogen and oxygen atoms in total. The topological polar surface area (TPSA) is 87.7 Å². The standard InChI is InChI=1S/C21H26ClN3O4S/c1-15-3-4-17(13-20(15)22)24-30(27,28)19-7-5-18(6-8-19)29-14-21(26)23-16-9-11-25(2)12-10-16/h3-8,13,16,24H,9-12,14H2,1-2H3,(H,23,26). The third-order valence-corrected chi connectivity index (χ3v) is 6.82. The van der Waals surface area contributed by atoms with E-state index in [1.807, 2.05) is 6.92 Å². The van der Waals surface area contributed by atoms with Crippen LogP contribution in [-0.4, -0.2) is 52.0 Å². The molecule has 1 aliphatic heterocycles. The third kappa shape index (κ3) is 6.10. The van der Waals surface area contributed by atoms with Gasteiger partial charge in [-0.1, -0.05) is 17.7 Å². The number of nitrogens with one attached hydrogen (secondary N) is 2. The smallest absolute Gasteiger partial charge is 0.261 e. The van der Waals surface area contributed by atoms with E-state index in [-0.39, 0.29) is 23.5 Å². The van der Waals surface area contributed by atoms with E-state index in [1.165, 1.54) is 24.3 Å². The largest absolute Gasteiger partial charge is 0.484 e. The fourth-order valence-electron chi connectivity index (χ4n) is 3.16. The summed E-state index contributed by atoms with van der Waals surface area (Å²) >= 11 is 6.05. The lowest BCUT2D eigenvalue weighted by Gasteiger charge is -2.29. The molecule has 1 fully saturated rings. The van der Waals surface area contributed by atoms with E-state index in [1.54, 1.807) is 18.2 Å². The Morgan fingerprint density at radius 2 is 1.83 bits per heavy atom. The monoisotopic (exact) mass is 451 g/mol. The Kier molecular flexibility index (Phi) is 7.23. The molecule has 0 bridgehead atoms. The Morgan fingerprint density at radius 1 is 1.17 bits per heavy atom. The molecule has 2 N–H and O–H groups in total. The molecule has 3 rings (SSSR count). The van der Waals surface area contributed by atoms with Gasteiger partial charge in [-0.25, -0.2) is 8.42 Å². The summed E-state index contributed by atoms with van der Waals surface area (Å²) in [5.74, 6) is 0.241. The van der Waals surface area contributed by atoms with E-state index >= 15 is 0 Å². The average Bonchev–Trinajstić information content (AvgIpc) is 2.71. The first-order chi connectivity index (χ1) is 14.2. The van der Waals surface area contributed by atoms with Crippen LogP contribution in [0.2, 0.25) is 5.02 Å². The minimum absolute atomic E-state index is 0.0855. The van der Waals surface area contributed by atoms with Crippen LogP contribution < -0.4 is 14.8 Å². The zero-order chi connectivity index (χ0) is 21.7. The van der Waals surface area contributed by atoms with Crippen molar-refractivity contribution in [3.05, 3.63) is 53.1 Å². The molecule has 1 saturated heterocycles. The highest BCUT2D eigenvalue weighted by molar-refractivity contribution is 7.92. The summed E-state index contributed by atoms with van der Waals surface area (Å²) in [6.45, 7) is 3.65. The van der Waals surface area contributed by atoms with Crippen LogP contribution in [0.1, 0.15) is 18.4 Å². The Hall–Kier alpha value is -2.29. The minimum atomic E-state index is -3.76. The summed E-state index contributed by atoms with van der Waals surface area (Å²) in [7, 11) is -1.70. The Bertz CT molecular complexity index is 988. The third-order valence-electron chi connectivity index (χ3n) is 5.01. The second-order valence-electron chi connectivity index (χ2n) is 7.47. The lowest BCUT2D eigenvalue weighted by Crippen LogP contribution is -2.44. The average molecular weight is 452 g/mol. The normalized spacial score (nSPS) is 15.6. The summed E-state index contributed by atoms with van der Waals surface area (Å²) in [5.41, 5.74) is 1.25. The molecule has 0 spiro atoms. The maximum atomic E-state index is 12.6. The minimum Gasteiger partial charge on any atom is -0.484 e. The quantitative estimate of drug-likeness (QED) is 0.675. The zero-order valence-electron chi connectivity index (χ0n) is 17.0. The van der Waals surface area contributed by atoms with Crippen LogP contribution in [0.5, 0.6) is 5.75 Å². The van der Waals surface area contributed by atoms with Crippen molar-refractivity contribution in [1.82, 2.24) is 10.2 Å². The molecule has 1 amide bonds. The second-order valence-corrected chi connectivity index (χ2v) is 9.56. The molecule has 30 heavy (non-hydrogen) atoms. The Morgan fingerprint density at radius 3 is 2.47 bits per heavy atom. The summed E-state index contributed by atoms with van der Waals surface area (Å²) in [5, 5.41) is 3.46. The van der Waals surface area contributed by atoms with Crippen molar-refractivity contribution < 1.29 is 17.9 Å². The molecule has 0 aliphatic carbocycles. The fraction of sp³-hybridized carbons (Fsp3) is 0.381. The van der Waals surface area contributed by atoms with Gasteiger partial charge in [0.2, 0.25) is 0 Å². The van der Waals surface area contributed by atoms with Gasteiger partial charge in [-0.3, -0.25) is 9.52 Å². The molecular weight excluding hydrogens is 426 g/mol. The van der Waals surface area contributed by atoms with Crippen molar-refractivity contribution >= 4 is 33.2 Å². The van der Waals surface area contributed by atoms with Crippen LogP contribution in [0.3, 0.4) is 0 Å². The molecule has 2 aromatic carbocycles. The number of likely N-dealkylation sites (tertiary alicyclic amines) is 1. The Balaban J connectivity index is 1.53. The van der Waals surface area contributed by atoms with Crippen molar-refractivity contribution in [3.8, 4) is 5.75 Å². The van der Waals surface area contributed by atoms with E-state index < -0.39 is 10.0 Å². The highest BCUT2D eigenvalue weighted by Gasteiger charge is 2.19. The van der Waals surface area contributed by atoms with Crippen molar-refractivity contribution in [2.24, 2.45) is 0 Å². The molecule has 0 atom stereocenters. The summed E-state index contributed by atoms with van der Waals surface area (Å²) < 4.78 is 33.1. The molecule has 1 aliphatic rings. The zero-order valence-corrected chi connectivity index (χ0v) is 18.6. The van der Waals surface area contributed by atoms with Crippen LogP contribution in [-0.2, 0) is 14.8 Å². The molecule has 0 radical (unpaired) electrons. The van der Waals surface area contributed by atoms with Crippen molar-refractivity contribution in [2.45, 2.75) is 30.7 Å². The number of ether oxygens (including phenoxy) is 1. The SMILES string of the molecule is Cc1ccc(NS(=O)(=O)c2ccc(OCC(=O)NC3CCN(C)CC3)cc2)cc1Cl. The maximum absolute atomic E-state index is 12.6. The lowest BCUT2D eigenvalue weighted by atomic mass is 10.1. The number of piperidine rings is 1. The van der Waals surface area contributed by atoms with Crippen LogP contribution in [0.25, 0.3) is 0 Å². The number of amides is 1. The number of carbonyl (C=O) groups is 1. The highest BCUT2D eigenvalue weighted by Crippen LogP contribution is 2.23. The number of hydrogen-bond acceptors (Lipinski definition) is 5. The summed E-state index contributed by atoms with van der Waals surface area (Å²) in [4.78, 5) is 14.4. The van der Waals surface area contributed by atoms with Crippen molar-refractivity contribution in [3.63, 3.8) is 0 Å². The van der Waals surface area contributed by atoms with Crippen LogP contribution in [0.15, 0.2) is 47.4 Å². The van der Waals surface area contributed by atoms with Gasteiger partial charge in [-0.15, -0.1) is 0 Å². The van der Waals surface area contributed by atoms with E-state index in [0.717, 1.165) is 31.5 Å². The van der Waals surface area contributed by atoms with Crippen molar-refractivity contribution in [2.75, 3.05) is 31.5 Å². The van der Waals surface area contributed by atoms with E-state index in [2.05, 4.69) is 22.0 Å². The summed E-state index contributed by atoms with van der Waals surface area (Å²) in [6, 6.07) is 11.1. The summed E-state index contributed by atoms with van der Waals surface area (Å²) in [6.07, 6.45) is 1.85. The van der Waals surface area contributed by atoms with Gasteiger partial charge >= 0.3 is 0 Å². The molecule has 0 aromatic heterocycles. The first-order valence-corrected chi connectivity index (χ1v) is 11.6. The predicted molar refractivity (Wildman–Crippen MR) is 118 cm³/mol. The first-order valence-electron chi connectivity index (χ1n) is 9.73. The van der Waals surface area contributed by atoms with E-state index in [4.69, 9.17) is 16.3 Å². The second kappa shape index (κ2) is 9.68. The number of rotatable bonds is 7. The number of benzene rings is 2. The Labute approximate surface area is 182 Å². The first kappa shape index (κ1) is 22.4. The van der Waals surface area contributed by atoms with Gasteiger partial charge in [0, 0.05) is 11.1 Å². The van der Waals surface area contributed by atoms with E-state index in [9.17, 15) is 13.2 Å². The molecule has 2 aromatic rings. The number of hydrogen-bond donors (Lipinski definition) is 2.